The molecule has 1 aliphatic rings. The van der Waals surface area contributed by atoms with Gasteiger partial charge in [0.15, 0.2) is 4.77 Å². The van der Waals surface area contributed by atoms with Gasteiger partial charge in [-0.05, 0) is 44.0 Å². The van der Waals surface area contributed by atoms with Crippen LogP contribution in [0.1, 0.15) is 29.8 Å². The van der Waals surface area contributed by atoms with E-state index in [-0.39, 0.29) is 5.56 Å². The van der Waals surface area contributed by atoms with Crippen LogP contribution in [-0.4, -0.2) is 9.55 Å². The fourth-order valence-corrected chi connectivity index (χ4v) is 3.74. The van der Waals surface area contributed by atoms with Crippen molar-refractivity contribution in [1.29, 1.82) is 0 Å². The molecule has 17 heavy (non-hydrogen) atoms. The molecule has 90 valence electrons. The molecule has 0 aromatic carbocycles. The number of fused-ring (bicyclic) bond motifs is 1. The summed E-state index contributed by atoms with van der Waals surface area (Å²) in [5.74, 6) is 0.570. The van der Waals surface area contributed by atoms with Gasteiger partial charge in [-0.1, -0.05) is 6.92 Å². The summed E-state index contributed by atoms with van der Waals surface area (Å²) in [6, 6.07) is 0.301. The second kappa shape index (κ2) is 3.53. The Morgan fingerprint density at radius 1 is 1.47 bits per heavy atom. The Balaban J connectivity index is 2.42. The molecule has 3 nitrogen and oxygen atoms in total. The third-order valence-corrected chi connectivity index (χ3v) is 5.08. The molecule has 2 unspecified atom stereocenters. The zero-order valence-corrected chi connectivity index (χ0v) is 11.7. The van der Waals surface area contributed by atoms with Gasteiger partial charge in [-0.15, -0.1) is 11.3 Å². The van der Waals surface area contributed by atoms with Crippen LogP contribution in [0, 0.1) is 24.5 Å². The van der Waals surface area contributed by atoms with Crippen molar-refractivity contribution in [3.8, 4) is 0 Å². The van der Waals surface area contributed by atoms with Gasteiger partial charge >= 0.3 is 0 Å². The van der Waals surface area contributed by atoms with Crippen molar-refractivity contribution in [2.75, 3.05) is 0 Å². The predicted octanol–water partition coefficient (Wildman–Crippen LogP) is 3.32. The lowest BCUT2D eigenvalue weighted by Gasteiger charge is -2.05. The molecule has 2 aromatic heterocycles. The highest BCUT2D eigenvalue weighted by molar-refractivity contribution is 7.71. The van der Waals surface area contributed by atoms with Crippen LogP contribution < -0.4 is 5.56 Å². The van der Waals surface area contributed by atoms with Crippen molar-refractivity contribution < 1.29 is 0 Å². The number of hydrogen-bond donors (Lipinski definition) is 1. The zero-order chi connectivity index (χ0) is 12.3. The Morgan fingerprint density at radius 2 is 2.12 bits per heavy atom. The first kappa shape index (κ1) is 11.2. The van der Waals surface area contributed by atoms with Crippen molar-refractivity contribution >= 4 is 33.8 Å². The average molecular weight is 266 g/mol. The highest BCUT2D eigenvalue weighted by Crippen LogP contribution is 2.42. The van der Waals surface area contributed by atoms with Crippen LogP contribution in [0.5, 0.6) is 0 Å². The van der Waals surface area contributed by atoms with Crippen LogP contribution in [-0.2, 0) is 0 Å². The van der Waals surface area contributed by atoms with Crippen LogP contribution in [0.15, 0.2) is 4.79 Å². The molecule has 1 fully saturated rings. The molecule has 0 saturated heterocycles. The number of aryl methyl sites for hydroxylation is 2. The van der Waals surface area contributed by atoms with E-state index in [4.69, 9.17) is 12.2 Å². The Labute approximate surface area is 108 Å². The minimum absolute atomic E-state index is 0.0833. The lowest BCUT2D eigenvalue weighted by molar-refractivity contribution is 0.642. The molecular formula is C12H14N2OS2. The normalized spacial score (nSPS) is 23.2. The van der Waals surface area contributed by atoms with Gasteiger partial charge in [0.2, 0.25) is 0 Å². The first-order chi connectivity index (χ1) is 8.00. The number of aromatic amines is 1. The van der Waals surface area contributed by atoms with E-state index in [9.17, 15) is 4.79 Å². The first-order valence-electron chi connectivity index (χ1n) is 5.75. The number of H-pyrrole nitrogens is 1. The third-order valence-electron chi connectivity index (χ3n) is 3.66. The van der Waals surface area contributed by atoms with Crippen molar-refractivity contribution in [3.63, 3.8) is 0 Å². The monoisotopic (exact) mass is 266 g/mol. The maximum atomic E-state index is 12.5. The molecule has 1 aliphatic carbocycles. The molecule has 0 aliphatic heterocycles. The molecule has 2 heterocycles. The van der Waals surface area contributed by atoms with Crippen LogP contribution in [0.2, 0.25) is 0 Å². The van der Waals surface area contributed by atoms with Gasteiger partial charge in [-0.2, -0.15) is 0 Å². The smallest absolute Gasteiger partial charge is 0.263 e. The van der Waals surface area contributed by atoms with Crippen molar-refractivity contribution in [1.82, 2.24) is 9.55 Å². The van der Waals surface area contributed by atoms with Crippen molar-refractivity contribution in [2.24, 2.45) is 5.92 Å². The van der Waals surface area contributed by atoms with Gasteiger partial charge in [-0.3, -0.25) is 9.36 Å². The highest BCUT2D eigenvalue weighted by atomic mass is 32.1. The number of rotatable bonds is 1. The Bertz CT molecular complexity index is 722. The average Bonchev–Trinajstić information content (AvgIpc) is 2.86. The van der Waals surface area contributed by atoms with E-state index >= 15 is 0 Å². The fourth-order valence-electron chi connectivity index (χ4n) is 2.31. The Hall–Kier alpha value is -0.940. The van der Waals surface area contributed by atoms with Gasteiger partial charge in [0, 0.05) is 10.9 Å². The SMILES string of the molecule is Cc1sc2[nH]c(=S)n(C3CC3C)c(=O)c2c1C. The molecule has 1 N–H and O–H groups in total. The van der Waals surface area contributed by atoms with E-state index in [1.807, 2.05) is 13.8 Å². The Kier molecular flexibility index (Phi) is 2.32. The summed E-state index contributed by atoms with van der Waals surface area (Å²) in [7, 11) is 0. The maximum absolute atomic E-state index is 12.5. The molecule has 3 rings (SSSR count). The number of nitrogens with zero attached hydrogens (tertiary/aromatic N) is 1. The van der Waals surface area contributed by atoms with Crippen LogP contribution in [0.25, 0.3) is 10.2 Å². The van der Waals surface area contributed by atoms with Gasteiger partial charge in [-0.25, -0.2) is 0 Å². The van der Waals surface area contributed by atoms with Crippen LogP contribution >= 0.6 is 23.6 Å². The summed E-state index contributed by atoms with van der Waals surface area (Å²) in [5, 5.41) is 0.820. The van der Waals surface area contributed by atoms with E-state index in [2.05, 4.69) is 11.9 Å². The fraction of sp³-hybridized carbons (Fsp3) is 0.500. The molecule has 5 heteroatoms. The van der Waals surface area contributed by atoms with Crippen molar-refractivity contribution in [3.05, 3.63) is 25.6 Å². The largest absolute Gasteiger partial charge is 0.323 e. The summed E-state index contributed by atoms with van der Waals surface area (Å²) in [5.41, 5.74) is 1.17. The zero-order valence-electron chi connectivity index (χ0n) is 10.0. The van der Waals surface area contributed by atoms with E-state index in [0.29, 0.717) is 16.7 Å². The topological polar surface area (TPSA) is 37.8 Å². The van der Waals surface area contributed by atoms with Crippen LogP contribution in [0.4, 0.5) is 0 Å². The van der Waals surface area contributed by atoms with Crippen LogP contribution in [0.3, 0.4) is 0 Å². The molecule has 2 atom stereocenters. The van der Waals surface area contributed by atoms with E-state index in [0.717, 1.165) is 22.2 Å². The summed E-state index contributed by atoms with van der Waals surface area (Å²) in [6.07, 6.45) is 1.06. The molecule has 0 spiro atoms. The summed E-state index contributed by atoms with van der Waals surface area (Å²) in [4.78, 5) is 17.8. The van der Waals surface area contributed by atoms with E-state index in [1.165, 1.54) is 4.88 Å². The second-order valence-electron chi connectivity index (χ2n) is 4.87. The van der Waals surface area contributed by atoms with Gasteiger partial charge < -0.3 is 4.98 Å². The van der Waals surface area contributed by atoms with E-state index in [1.54, 1.807) is 15.9 Å². The lowest BCUT2D eigenvalue weighted by atomic mass is 10.2. The number of thiophene rings is 1. The molecular weight excluding hydrogens is 252 g/mol. The number of nitrogens with one attached hydrogen (secondary N) is 1. The minimum Gasteiger partial charge on any atom is -0.323 e. The minimum atomic E-state index is 0.0833. The van der Waals surface area contributed by atoms with Crippen molar-refractivity contribution in [2.45, 2.75) is 33.2 Å². The second-order valence-corrected chi connectivity index (χ2v) is 6.48. The Morgan fingerprint density at radius 3 is 2.71 bits per heavy atom. The maximum Gasteiger partial charge on any atom is 0.263 e. The number of aromatic nitrogens is 2. The molecule has 0 amide bonds. The molecule has 2 aromatic rings. The van der Waals surface area contributed by atoms with Gasteiger partial charge in [0.25, 0.3) is 5.56 Å². The highest BCUT2D eigenvalue weighted by Gasteiger charge is 2.36. The molecule has 1 saturated carbocycles. The van der Waals surface area contributed by atoms with E-state index < -0.39 is 0 Å². The molecule has 0 radical (unpaired) electrons. The molecule has 0 bridgehead atoms. The van der Waals surface area contributed by atoms with Gasteiger partial charge in [0.05, 0.1) is 5.39 Å². The quantitative estimate of drug-likeness (QED) is 0.804. The first-order valence-corrected chi connectivity index (χ1v) is 6.97. The summed E-state index contributed by atoms with van der Waals surface area (Å²) in [6.45, 7) is 6.20. The summed E-state index contributed by atoms with van der Waals surface area (Å²) < 4.78 is 2.33. The van der Waals surface area contributed by atoms with Gasteiger partial charge in [0.1, 0.15) is 4.83 Å². The lowest BCUT2D eigenvalue weighted by Crippen LogP contribution is -2.21. The summed E-state index contributed by atoms with van der Waals surface area (Å²) >= 11 is 6.92. The number of hydrogen-bond acceptors (Lipinski definition) is 3. The third kappa shape index (κ3) is 1.52. The predicted molar refractivity (Wildman–Crippen MR) is 73.6 cm³/mol. The standard InChI is InChI=1S/C12H14N2OS2/c1-5-4-8(5)14-11(15)9-6(2)7(3)17-10(9)13-12(14)16/h5,8H,4H2,1-3H3,(H,13,16).